The van der Waals surface area contributed by atoms with Gasteiger partial charge in [-0.05, 0) is 17.7 Å². The molecule has 1 saturated heterocycles. The van der Waals surface area contributed by atoms with Gasteiger partial charge in [-0.25, -0.2) is 8.42 Å². The molecule has 1 aromatic carbocycles. The standard InChI is InChI=1S/C11H14ClNO3S2/c12-10-2-1-9(8-14)7-11(10)18(15,16)13-3-5-17-6-4-13/h1-2,7,14H,3-6,8H2. The highest BCUT2D eigenvalue weighted by Crippen LogP contribution is 2.27. The zero-order valence-corrected chi connectivity index (χ0v) is 12.1. The number of aliphatic hydroxyl groups excluding tert-OH is 1. The Hall–Kier alpha value is -0.270. The van der Waals surface area contributed by atoms with Crippen molar-refractivity contribution in [1.82, 2.24) is 4.31 Å². The Morgan fingerprint density at radius 2 is 2.00 bits per heavy atom. The van der Waals surface area contributed by atoms with E-state index in [0.29, 0.717) is 18.7 Å². The lowest BCUT2D eigenvalue weighted by atomic mass is 10.2. The maximum absolute atomic E-state index is 12.4. The van der Waals surface area contributed by atoms with Gasteiger partial charge in [0.05, 0.1) is 11.6 Å². The number of hydrogen-bond donors (Lipinski definition) is 1. The number of nitrogens with zero attached hydrogens (tertiary/aromatic N) is 1. The molecular formula is C11H14ClNO3S2. The van der Waals surface area contributed by atoms with Crippen molar-refractivity contribution < 1.29 is 13.5 Å². The Morgan fingerprint density at radius 3 is 2.61 bits per heavy atom. The van der Waals surface area contributed by atoms with E-state index in [-0.39, 0.29) is 16.5 Å². The summed E-state index contributed by atoms with van der Waals surface area (Å²) in [4.78, 5) is 0.0858. The van der Waals surface area contributed by atoms with Crippen molar-refractivity contribution in [2.75, 3.05) is 24.6 Å². The molecule has 0 saturated carbocycles. The van der Waals surface area contributed by atoms with E-state index in [0.717, 1.165) is 11.5 Å². The van der Waals surface area contributed by atoms with Crippen LogP contribution in [0.3, 0.4) is 0 Å². The van der Waals surface area contributed by atoms with Crippen molar-refractivity contribution in [1.29, 1.82) is 0 Å². The van der Waals surface area contributed by atoms with Gasteiger partial charge in [-0.1, -0.05) is 17.7 Å². The summed E-state index contributed by atoms with van der Waals surface area (Å²) in [6.45, 7) is 0.814. The van der Waals surface area contributed by atoms with Gasteiger partial charge in [-0.3, -0.25) is 0 Å². The van der Waals surface area contributed by atoms with E-state index in [9.17, 15) is 8.42 Å². The molecule has 18 heavy (non-hydrogen) atoms. The zero-order chi connectivity index (χ0) is 13.2. The third-order valence-corrected chi connectivity index (χ3v) is 6.09. The molecule has 0 amide bonds. The lowest BCUT2D eigenvalue weighted by Gasteiger charge is -2.26. The zero-order valence-electron chi connectivity index (χ0n) is 9.67. The molecule has 1 N–H and O–H groups in total. The summed E-state index contributed by atoms with van der Waals surface area (Å²) in [5.74, 6) is 1.60. The SMILES string of the molecule is O=S(=O)(c1cc(CO)ccc1Cl)N1CCSCC1. The molecule has 0 bridgehead atoms. The van der Waals surface area contributed by atoms with Gasteiger partial charge < -0.3 is 5.11 Å². The summed E-state index contributed by atoms with van der Waals surface area (Å²) in [6, 6.07) is 4.57. The van der Waals surface area contributed by atoms with Crippen LogP contribution in [0.25, 0.3) is 0 Å². The Balaban J connectivity index is 2.39. The van der Waals surface area contributed by atoms with Crippen molar-refractivity contribution in [3.63, 3.8) is 0 Å². The third kappa shape index (κ3) is 2.83. The van der Waals surface area contributed by atoms with Crippen molar-refractivity contribution in [2.45, 2.75) is 11.5 Å². The smallest absolute Gasteiger partial charge is 0.244 e. The van der Waals surface area contributed by atoms with Gasteiger partial charge in [0.25, 0.3) is 0 Å². The first-order valence-electron chi connectivity index (χ1n) is 5.53. The third-order valence-electron chi connectivity index (χ3n) is 2.77. The second-order valence-corrected chi connectivity index (χ2v) is 7.48. The Morgan fingerprint density at radius 1 is 1.33 bits per heavy atom. The molecule has 7 heteroatoms. The number of rotatable bonds is 3. The van der Waals surface area contributed by atoms with Crippen LogP contribution in [0.4, 0.5) is 0 Å². The molecule has 2 rings (SSSR count). The van der Waals surface area contributed by atoms with Crippen LogP contribution in [-0.4, -0.2) is 42.4 Å². The summed E-state index contributed by atoms with van der Waals surface area (Å²) in [6.07, 6.45) is 0. The number of hydrogen-bond acceptors (Lipinski definition) is 4. The molecule has 0 radical (unpaired) electrons. The average Bonchev–Trinajstić information content (AvgIpc) is 2.40. The van der Waals surface area contributed by atoms with Gasteiger partial charge in [0.15, 0.2) is 0 Å². The highest BCUT2D eigenvalue weighted by molar-refractivity contribution is 7.99. The first-order valence-corrected chi connectivity index (χ1v) is 8.50. The monoisotopic (exact) mass is 307 g/mol. The van der Waals surface area contributed by atoms with E-state index in [1.165, 1.54) is 16.4 Å². The molecule has 1 fully saturated rings. The van der Waals surface area contributed by atoms with Gasteiger partial charge in [-0.2, -0.15) is 16.1 Å². The van der Waals surface area contributed by atoms with Gasteiger partial charge in [0, 0.05) is 24.6 Å². The predicted octanol–water partition coefficient (Wildman–Crippen LogP) is 1.57. The Bertz CT molecular complexity index is 527. The first kappa shape index (κ1) is 14.1. The van der Waals surface area contributed by atoms with Gasteiger partial charge in [0.2, 0.25) is 10.0 Å². The number of halogens is 1. The summed E-state index contributed by atoms with van der Waals surface area (Å²) in [5.41, 5.74) is 0.546. The molecule has 1 aromatic rings. The van der Waals surface area contributed by atoms with E-state index in [4.69, 9.17) is 16.7 Å². The second kappa shape index (κ2) is 5.79. The molecule has 0 spiro atoms. The topological polar surface area (TPSA) is 57.6 Å². The molecule has 100 valence electrons. The normalized spacial score (nSPS) is 17.9. The number of sulfonamides is 1. The highest BCUT2D eigenvalue weighted by Gasteiger charge is 2.28. The summed E-state index contributed by atoms with van der Waals surface area (Å²) < 4.78 is 26.3. The van der Waals surface area contributed by atoms with Crippen molar-refractivity contribution >= 4 is 33.4 Å². The Labute approximate surface area is 116 Å². The highest BCUT2D eigenvalue weighted by atomic mass is 35.5. The van der Waals surface area contributed by atoms with Crippen LogP contribution in [0.2, 0.25) is 5.02 Å². The molecule has 1 aliphatic rings. The minimum absolute atomic E-state index is 0.0858. The van der Waals surface area contributed by atoms with E-state index in [1.54, 1.807) is 17.8 Å². The number of aliphatic hydroxyl groups is 1. The molecule has 0 aliphatic carbocycles. The number of thioether (sulfide) groups is 1. The summed E-state index contributed by atoms with van der Waals surface area (Å²) in [7, 11) is -3.55. The van der Waals surface area contributed by atoms with Gasteiger partial charge in [-0.15, -0.1) is 0 Å². The first-order chi connectivity index (χ1) is 8.55. The average molecular weight is 308 g/mol. The van der Waals surface area contributed by atoms with Crippen LogP contribution in [0.5, 0.6) is 0 Å². The van der Waals surface area contributed by atoms with E-state index in [2.05, 4.69) is 0 Å². The van der Waals surface area contributed by atoms with Crippen molar-refractivity contribution in [3.8, 4) is 0 Å². The van der Waals surface area contributed by atoms with E-state index < -0.39 is 10.0 Å². The fraction of sp³-hybridized carbons (Fsp3) is 0.455. The largest absolute Gasteiger partial charge is 0.392 e. The molecule has 0 aromatic heterocycles. The Kier molecular flexibility index (Phi) is 4.55. The van der Waals surface area contributed by atoms with Crippen LogP contribution >= 0.6 is 23.4 Å². The van der Waals surface area contributed by atoms with E-state index in [1.807, 2.05) is 0 Å². The molecule has 1 heterocycles. The fourth-order valence-electron chi connectivity index (χ4n) is 1.77. The molecular weight excluding hydrogens is 294 g/mol. The predicted molar refractivity (Wildman–Crippen MR) is 73.5 cm³/mol. The van der Waals surface area contributed by atoms with Crippen LogP contribution in [-0.2, 0) is 16.6 Å². The van der Waals surface area contributed by atoms with Crippen LogP contribution in [0.15, 0.2) is 23.1 Å². The maximum Gasteiger partial charge on any atom is 0.244 e. The van der Waals surface area contributed by atoms with Crippen molar-refractivity contribution in [2.24, 2.45) is 0 Å². The summed E-state index contributed by atoms with van der Waals surface area (Å²) in [5, 5.41) is 9.27. The molecule has 4 nitrogen and oxygen atoms in total. The molecule has 0 unspecified atom stereocenters. The van der Waals surface area contributed by atoms with Gasteiger partial charge in [0.1, 0.15) is 4.90 Å². The molecule has 0 atom stereocenters. The van der Waals surface area contributed by atoms with Crippen LogP contribution in [0, 0.1) is 0 Å². The summed E-state index contributed by atoms with van der Waals surface area (Å²) >= 11 is 7.71. The minimum Gasteiger partial charge on any atom is -0.392 e. The van der Waals surface area contributed by atoms with E-state index >= 15 is 0 Å². The fourth-order valence-corrected chi connectivity index (χ4v) is 4.87. The maximum atomic E-state index is 12.4. The minimum atomic E-state index is -3.55. The number of benzene rings is 1. The lowest BCUT2D eigenvalue weighted by Crippen LogP contribution is -2.38. The van der Waals surface area contributed by atoms with Crippen molar-refractivity contribution in [3.05, 3.63) is 28.8 Å². The molecule has 1 aliphatic heterocycles. The van der Waals surface area contributed by atoms with Gasteiger partial charge >= 0.3 is 0 Å². The lowest BCUT2D eigenvalue weighted by molar-refractivity contribution is 0.281. The van der Waals surface area contributed by atoms with Crippen LogP contribution < -0.4 is 0 Å². The quantitative estimate of drug-likeness (QED) is 0.921. The second-order valence-electron chi connectivity index (χ2n) is 3.94. The van der Waals surface area contributed by atoms with Crippen LogP contribution in [0.1, 0.15) is 5.56 Å².